The summed E-state index contributed by atoms with van der Waals surface area (Å²) < 4.78 is 18.3. The van der Waals surface area contributed by atoms with Crippen molar-refractivity contribution in [2.45, 2.75) is 13.0 Å². The zero-order valence-electron chi connectivity index (χ0n) is 11.8. The molecule has 0 aliphatic heterocycles. The van der Waals surface area contributed by atoms with E-state index in [1.54, 1.807) is 26.2 Å². The van der Waals surface area contributed by atoms with Crippen molar-refractivity contribution in [3.63, 3.8) is 0 Å². The number of hydrogen-bond acceptors (Lipinski definition) is 3. The minimum Gasteiger partial charge on any atom is -0.496 e. The highest BCUT2D eigenvalue weighted by Crippen LogP contribution is 2.36. The highest BCUT2D eigenvalue weighted by Gasteiger charge is 2.17. The normalized spacial score (nSPS) is 12.1. The van der Waals surface area contributed by atoms with Gasteiger partial charge in [0, 0.05) is 18.3 Å². The molecule has 0 aliphatic rings. The summed E-state index contributed by atoms with van der Waals surface area (Å²) in [6.07, 6.45) is -0.663. The van der Waals surface area contributed by atoms with Crippen molar-refractivity contribution in [2.24, 2.45) is 0 Å². The van der Waals surface area contributed by atoms with Crippen LogP contribution in [-0.2, 0) is 0 Å². The van der Waals surface area contributed by atoms with E-state index >= 15 is 0 Å². The lowest BCUT2D eigenvalue weighted by Crippen LogP contribution is -2.13. The predicted octanol–water partition coefficient (Wildman–Crippen LogP) is 3.66. The first-order chi connectivity index (χ1) is 9.54. The molecule has 0 heterocycles. The Bertz CT molecular complexity index is 582. The Balaban J connectivity index is 2.48. The molecule has 0 aromatic heterocycles. The maximum Gasteiger partial charge on any atom is 0.126 e. The minimum absolute atomic E-state index is 0.274. The monoisotopic (exact) mass is 275 g/mol. The Morgan fingerprint density at radius 2 is 1.80 bits per heavy atom. The molecule has 4 heteroatoms. The molecule has 0 fully saturated rings. The van der Waals surface area contributed by atoms with Crippen LogP contribution in [0.15, 0.2) is 42.5 Å². The van der Waals surface area contributed by atoms with Gasteiger partial charge in [-0.2, -0.15) is 0 Å². The maximum atomic E-state index is 13.0. The van der Waals surface area contributed by atoms with Crippen LogP contribution >= 0.6 is 0 Å². The van der Waals surface area contributed by atoms with Crippen LogP contribution in [0.2, 0.25) is 0 Å². The van der Waals surface area contributed by atoms with Gasteiger partial charge in [-0.3, -0.25) is 0 Å². The van der Waals surface area contributed by atoms with E-state index in [0.29, 0.717) is 11.3 Å². The molecule has 0 saturated heterocycles. The first-order valence-corrected chi connectivity index (χ1v) is 6.39. The van der Waals surface area contributed by atoms with Gasteiger partial charge in [-0.05, 0) is 43.3 Å². The minimum atomic E-state index is -0.663. The van der Waals surface area contributed by atoms with Crippen LogP contribution in [0.25, 0.3) is 0 Å². The standard InChI is InChI=1S/C16H18FNO2/c1-11(19)16-14(5-4-6-15(16)20-3)18(2)13-9-7-12(17)8-10-13/h4-11,19H,1-3H3/t11-/m0/s1. The fourth-order valence-corrected chi connectivity index (χ4v) is 2.23. The van der Waals surface area contributed by atoms with E-state index < -0.39 is 6.10 Å². The second-order valence-electron chi connectivity index (χ2n) is 4.60. The summed E-state index contributed by atoms with van der Waals surface area (Å²) in [7, 11) is 3.44. The largest absolute Gasteiger partial charge is 0.496 e. The van der Waals surface area contributed by atoms with Crippen molar-refractivity contribution in [1.29, 1.82) is 0 Å². The summed E-state index contributed by atoms with van der Waals surface area (Å²) in [5, 5.41) is 9.99. The molecular formula is C16H18FNO2. The summed E-state index contributed by atoms with van der Waals surface area (Å²) in [5.41, 5.74) is 2.37. The smallest absolute Gasteiger partial charge is 0.126 e. The Kier molecular flexibility index (Phi) is 4.25. The molecule has 0 amide bonds. The number of benzene rings is 2. The molecule has 0 radical (unpaired) electrons. The number of ether oxygens (including phenoxy) is 1. The van der Waals surface area contributed by atoms with Crippen LogP contribution in [0.4, 0.5) is 15.8 Å². The number of aliphatic hydroxyl groups excluding tert-OH is 1. The predicted molar refractivity (Wildman–Crippen MR) is 78.1 cm³/mol. The van der Waals surface area contributed by atoms with Gasteiger partial charge < -0.3 is 14.7 Å². The molecule has 1 atom stereocenters. The van der Waals surface area contributed by atoms with E-state index in [2.05, 4.69) is 0 Å². The molecule has 20 heavy (non-hydrogen) atoms. The number of nitrogens with zero attached hydrogens (tertiary/aromatic N) is 1. The SMILES string of the molecule is COc1cccc(N(C)c2ccc(F)cc2)c1[C@H](C)O. The summed E-state index contributed by atoms with van der Waals surface area (Å²) >= 11 is 0. The third kappa shape index (κ3) is 2.75. The lowest BCUT2D eigenvalue weighted by molar-refractivity contribution is 0.195. The highest BCUT2D eigenvalue weighted by molar-refractivity contribution is 5.69. The van der Waals surface area contributed by atoms with E-state index in [-0.39, 0.29) is 5.82 Å². The van der Waals surface area contributed by atoms with Gasteiger partial charge in [0.15, 0.2) is 0 Å². The van der Waals surface area contributed by atoms with Gasteiger partial charge in [0.1, 0.15) is 11.6 Å². The van der Waals surface area contributed by atoms with Gasteiger partial charge in [0.25, 0.3) is 0 Å². The summed E-state index contributed by atoms with van der Waals surface area (Å²) in [6, 6.07) is 11.8. The highest BCUT2D eigenvalue weighted by atomic mass is 19.1. The average Bonchev–Trinajstić information content (AvgIpc) is 2.46. The van der Waals surface area contributed by atoms with Gasteiger partial charge >= 0.3 is 0 Å². The third-order valence-electron chi connectivity index (χ3n) is 3.26. The molecule has 3 nitrogen and oxygen atoms in total. The van der Waals surface area contributed by atoms with Gasteiger partial charge in [0.2, 0.25) is 0 Å². The lowest BCUT2D eigenvalue weighted by Gasteiger charge is -2.25. The van der Waals surface area contributed by atoms with Crippen LogP contribution in [0.1, 0.15) is 18.6 Å². The molecule has 106 valence electrons. The van der Waals surface area contributed by atoms with Crippen LogP contribution in [0, 0.1) is 5.82 Å². The molecule has 0 spiro atoms. The van der Waals surface area contributed by atoms with E-state index in [1.807, 2.05) is 30.1 Å². The Labute approximate surface area is 118 Å². The fraction of sp³-hybridized carbons (Fsp3) is 0.250. The molecule has 0 aliphatic carbocycles. The number of anilines is 2. The Morgan fingerprint density at radius 3 is 2.35 bits per heavy atom. The molecule has 0 saturated carbocycles. The quantitative estimate of drug-likeness (QED) is 0.924. The summed E-state index contributed by atoms with van der Waals surface area (Å²) in [4.78, 5) is 1.89. The maximum absolute atomic E-state index is 13.0. The second kappa shape index (κ2) is 5.92. The van der Waals surface area contributed by atoms with E-state index in [9.17, 15) is 9.50 Å². The first-order valence-electron chi connectivity index (χ1n) is 6.39. The zero-order chi connectivity index (χ0) is 14.7. The van der Waals surface area contributed by atoms with E-state index in [1.165, 1.54) is 12.1 Å². The fourth-order valence-electron chi connectivity index (χ4n) is 2.23. The van der Waals surface area contributed by atoms with Crippen LogP contribution in [0.5, 0.6) is 5.75 Å². The van der Waals surface area contributed by atoms with Crippen LogP contribution < -0.4 is 9.64 Å². The van der Waals surface area contributed by atoms with Crippen molar-refractivity contribution < 1.29 is 14.2 Å². The molecule has 2 aromatic carbocycles. The lowest BCUT2D eigenvalue weighted by atomic mass is 10.1. The first kappa shape index (κ1) is 14.3. The molecule has 2 aromatic rings. The number of aliphatic hydroxyl groups is 1. The third-order valence-corrected chi connectivity index (χ3v) is 3.26. The van der Waals surface area contributed by atoms with Crippen LogP contribution in [-0.4, -0.2) is 19.3 Å². The number of halogens is 1. The van der Waals surface area contributed by atoms with E-state index in [0.717, 1.165) is 11.4 Å². The van der Waals surface area contributed by atoms with Gasteiger partial charge in [0.05, 0.1) is 18.9 Å². The number of methoxy groups -OCH3 is 1. The van der Waals surface area contributed by atoms with Gasteiger partial charge in [-0.1, -0.05) is 6.07 Å². The van der Waals surface area contributed by atoms with Crippen molar-refractivity contribution in [1.82, 2.24) is 0 Å². The topological polar surface area (TPSA) is 32.7 Å². The van der Waals surface area contributed by atoms with Crippen molar-refractivity contribution in [3.05, 3.63) is 53.8 Å². The molecule has 0 unspecified atom stereocenters. The van der Waals surface area contributed by atoms with E-state index in [4.69, 9.17) is 4.74 Å². The molecule has 2 rings (SSSR count). The van der Waals surface area contributed by atoms with Crippen molar-refractivity contribution in [3.8, 4) is 5.75 Å². The number of rotatable bonds is 4. The molecule has 1 N–H and O–H groups in total. The molecule has 0 bridgehead atoms. The zero-order valence-corrected chi connectivity index (χ0v) is 11.8. The Morgan fingerprint density at radius 1 is 1.15 bits per heavy atom. The van der Waals surface area contributed by atoms with Gasteiger partial charge in [-0.15, -0.1) is 0 Å². The van der Waals surface area contributed by atoms with Crippen LogP contribution in [0.3, 0.4) is 0 Å². The number of hydrogen-bond donors (Lipinski definition) is 1. The summed E-state index contributed by atoms with van der Waals surface area (Å²) in [5.74, 6) is 0.356. The Hall–Kier alpha value is -2.07. The van der Waals surface area contributed by atoms with Crippen molar-refractivity contribution in [2.75, 3.05) is 19.1 Å². The summed E-state index contributed by atoms with van der Waals surface area (Å²) in [6.45, 7) is 1.69. The van der Waals surface area contributed by atoms with Crippen molar-refractivity contribution >= 4 is 11.4 Å². The van der Waals surface area contributed by atoms with Gasteiger partial charge in [-0.25, -0.2) is 4.39 Å². The average molecular weight is 275 g/mol. The molecular weight excluding hydrogens is 257 g/mol. The second-order valence-corrected chi connectivity index (χ2v) is 4.60.